The van der Waals surface area contributed by atoms with Crippen LogP contribution in [0.3, 0.4) is 0 Å². The smallest absolute Gasteiger partial charge is 0.308 e. The number of hydrogen-bond donors (Lipinski definition) is 0. The van der Waals surface area contributed by atoms with Gasteiger partial charge in [-0.3, -0.25) is 9.59 Å². The minimum absolute atomic E-state index is 0.104. The van der Waals surface area contributed by atoms with Gasteiger partial charge in [-0.25, -0.2) is 0 Å². The highest BCUT2D eigenvalue weighted by Crippen LogP contribution is 2.17. The average Bonchev–Trinajstić information content (AvgIpc) is 2.93. The van der Waals surface area contributed by atoms with Gasteiger partial charge in [0.05, 0.1) is 32.7 Å². The van der Waals surface area contributed by atoms with E-state index in [1.807, 2.05) is 80.7 Å². The Kier molecular flexibility index (Phi) is 11.0. The number of carbonyl (C=O) groups is 2. The van der Waals surface area contributed by atoms with E-state index in [4.69, 9.17) is 14.2 Å². The van der Waals surface area contributed by atoms with Crippen molar-refractivity contribution in [3.8, 4) is 11.5 Å². The van der Waals surface area contributed by atoms with Gasteiger partial charge in [0.25, 0.3) is 0 Å². The molecule has 0 saturated heterocycles. The van der Waals surface area contributed by atoms with Gasteiger partial charge in [-0.05, 0) is 53.8 Å². The number of carbonyl (C=O) groups excluding carboxylic acids is 2. The van der Waals surface area contributed by atoms with Gasteiger partial charge in [0.15, 0.2) is 0 Å². The Labute approximate surface area is 220 Å². The highest BCUT2D eigenvalue weighted by molar-refractivity contribution is 5.78. The predicted octanol–water partition coefficient (Wildman–Crippen LogP) is 5.13. The van der Waals surface area contributed by atoms with Gasteiger partial charge in [0.2, 0.25) is 5.91 Å². The number of amides is 1. The Bertz CT molecular complexity index is 1100. The Hall–Kier alpha value is -3.80. The summed E-state index contributed by atoms with van der Waals surface area (Å²) in [6.07, 6.45) is 2.60. The summed E-state index contributed by atoms with van der Waals surface area (Å²) < 4.78 is 16.4. The Morgan fingerprint density at radius 2 is 1.35 bits per heavy atom. The highest BCUT2D eigenvalue weighted by Gasteiger charge is 2.13. The van der Waals surface area contributed by atoms with Crippen molar-refractivity contribution in [3.63, 3.8) is 0 Å². The van der Waals surface area contributed by atoms with Crippen molar-refractivity contribution in [2.24, 2.45) is 5.92 Å². The number of likely N-dealkylation sites (N-methyl/N-ethyl adjacent to an activating group) is 1. The monoisotopic (exact) mass is 503 g/mol. The molecule has 3 rings (SSSR count). The van der Waals surface area contributed by atoms with Crippen molar-refractivity contribution in [3.05, 3.63) is 95.6 Å². The molecule has 0 bridgehead atoms. The van der Waals surface area contributed by atoms with Gasteiger partial charge >= 0.3 is 5.97 Å². The van der Waals surface area contributed by atoms with E-state index in [9.17, 15) is 9.59 Å². The normalized spacial score (nSPS) is 11.4. The molecular formula is C31H37NO5. The van der Waals surface area contributed by atoms with Crippen LogP contribution >= 0.6 is 0 Å². The molecule has 1 atom stereocenters. The third-order valence-electron chi connectivity index (χ3n) is 6.18. The van der Waals surface area contributed by atoms with Gasteiger partial charge in [0, 0.05) is 20.0 Å². The third kappa shape index (κ3) is 9.64. The Morgan fingerprint density at radius 1 is 0.784 bits per heavy atom. The van der Waals surface area contributed by atoms with E-state index in [0.717, 1.165) is 35.5 Å². The molecule has 1 amide bonds. The van der Waals surface area contributed by atoms with Crippen LogP contribution in [0.25, 0.3) is 0 Å². The van der Waals surface area contributed by atoms with Crippen molar-refractivity contribution in [2.45, 2.75) is 32.6 Å². The third-order valence-corrected chi connectivity index (χ3v) is 6.18. The van der Waals surface area contributed by atoms with Crippen molar-refractivity contribution in [1.82, 2.24) is 4.90 Å². The van der Waals surface area contributed by atoms with Gasteiger partial charge in [-0.2, -0.15) is 0 Å². The van der Waals surface area contributed by atoms with Crippen LogP contribution in [-0.2, 0) is 33.6 Å². The molecule has 3 aromatic rings. The average molecular weight is 504 g/mol. The first-order chi connectivity index (χ1) is 17.9. The van der Waals surface area contributed by atoms with Crippen molar-refractivity contribution in [1.29, 1.82) is 0 Å². The summed E-state index contributed by atoms with van der Waals surface area (Å²) in [5, 5.41) is 0. The van der Waals surface area contributed by atoms with Crippen molar-refractivity contribution < 1.29 is 23.8 Å². The zero-order valence-corrected chi connectivity index (χ0v) is 22.0. The lowest BCUT2D eigenvalue weighted by Gasteiger charge is -2.17. The molecule has 6 nitrogen and oxygen atoms in total. The second-order valence-corrected chi connectivity index (χ2v) is 9.19. The summed E-state index contributed by atoms with van der Waals surface area (Å²) in [6.45, 7) is 3.64. The van der Waals surface area contributed by atoms with Crippen LogP contribution in [0.1, 0.15) is 30.0 Å². The van der Waals surface area contributed by atoms with E-state index in [2.05, 4.69) is 12.1 Å². The Balaban J connectivity index is 1.31. The number of esters is 1. The van der Waals surface area contributed by atoms with Crippen LogP contribution in [0.5, 0.6) is 11.5 Å². The zero-order valence-electron chi connectivity index (χ0n) is 22.0. The van der Waals surface area contributed by atoms with Crippen molar-refractivity contribution >= 4 is 11.9 Å². The fourth-order valence-electron chi connectivity index (χ4n) is 3.88. The van der Waals surface area contributed by atoms with Gasteiger partial charge in [-0.1, -0.05) is 61.5 Å². The lowest BCUT2D eigenvalue weighted by molar-refractivity contribution is -0.144. The summed E-state index contributed by atoms with van der Waals surface area (Å²) in [4.78, 5) is 25.9. The maximum atomic E-state index is 12.5. The standard InChI is InChI=1S/C31H37NO5/c1-24(31(34)35-3)22-26-10-14-28(15-11-26)36-20-7-21-37-29-16-12-27(13-17-29)23-30(33)32(2)19-18-25-8-5-4-6-9-25/h4-6,8-17,24H,7,18-23H2,1-3H3. The summed E-state index contributed by atoms with van der Waals surface area (Å²) in [5.74, 6) is 1.29. The molecule has 37 heavy (non-hydrogen) atoms. The number of ether oxygens (including phenoxy) is 3. The van der Waals surface area contributed by atoms with Gasteiger partial charge in [-0.15, -0.1) is 0 Å². The summed E-state index contributed by atoms with van der Waals surface area (Å²) >= 11 is 0. The first kappa shape index (κ1) is 27.8. The second-order valence-electron chi connectivity index (χ2n) is 9.19. The largest absolute Gasteiger partial charge is 0.493 e. The molecule has 0 spiro atoms. The molecule has 0 saturated carbocycles. The lowest BCUT2D eigenvalue weighted by Crippen LogP contribution is -2.30. The second kappa shape index (κ2) is 14.7. The predicted molar refractivity (Wildman–Crippen MR) is 145 cm³/mol. The highest BCUT2D eigenvalue weighted by atomic mass is 16.5. The molecule has 0 radical (unpaired) electrons. The molecule has 0 N–H and O–H groups in total. The van der Waals surface area contributed by atoms with E-state index in [0.29, 0.717) is 32.6 Å². The van der Waals surface area contributed by atoms with Crippen molar-refractivity contribution in [2.75, 3.05) is 33.9 Å². The molecule has 0 aliphatic heterocycles. The van der Waals surface area contributed by atoms with E-state index in [1.165, 1.54) is 12.7 Å². The molecular weight excluding hydrogens is 466 g/mol. The molecule has 6 heteroatoms. The topological polar surface area (TPSA) is 65.1 Å². The summed E-state index contributed by atoms with van der Waals surface area (Å²) in [6, 6.07) is 25.7. The Morgan fingerprint density at radius 3 is 1.92 bits per heavy atom. The van der Waals surface area contributed by atoms with Crippen LogP contribution in [0.4, 0.5) is 0 Å². The minimum Gasteiger partial charge on any atom is -0.493 e. The van der Waals surface area contributed by atoms with Gasteiger partial charge in [0.1, 0.15) is 11.5 Å². The van der Waals surface area contributed by atoms with E-state index in [-0.39, 0.29) is 17.8 Å². The zero-order chi connectivity index (χ0) is 26.5. The number of nitrogens with zero attached hydrogens (tertiary/aromatic N) is 1. The summed E-state index contributed by atoms with van der Waals surface area (Å²) in [5.41, 5.74) is 3.27. The number of rotatable bonds is 14. The van der Waals surface area contributed by atoms with Crippen LogP contribution in [0, 0.1) is 5.92 Å². The van der Waals surface area contributed by atoms with Crippen LogP contribution < -0.4 is 9.47 Å². The molecule has 0 aliphatic rings. The SMILES string of the molecule is COC(=O)C(C)Cc1ccc(OCCCOc2ccc(CC(=O)N(C)CCc3ccccc3)cc2)cc1. The molecule has 0 fully saturated rings. The van der Waals surface area contributed by atoms with Crippen LogP contribution in [0.15, 0.2) is 78.9 Å². The fourth-order valence-corrected chi connectivity index (χ4v) is 3.88. The van der Waals surface area contributed by atoms with Gasteiger partial charge < -0.3 is 19.1 Å². The number of methoxy groups -OCH3 is 1. The maximum Gasteiger partial charge on any atom is 0.308 e. The minimum atomic E-state index is -0.203. The van der Waals surface area contributed by atoms with E-state index >= 15 is 0 Å². The quantitative estimate of drug-likeness (QED) is 0.225. The molecule has 3 aromatic carbocycles. The number of benzene rings is 3. The maximum absolute atomic E-state index is 12.5. The first-order valence-electron chi connectivity index (χ1n) is 12.7. The fraction of sp³-hybridized carbons (Fsp3) is 0.355. The molecule has 0 heterocycles. The van der Waals surface area contributed by atoms with Crippen LogP contribution in [0.2, 0.25) is 0 Å². The molecule has 0 aliphatic carbocycles. The molecule has 196 valence electrons. The van der Waals surface area contributed by atoms with E-state index < -0.39 is 0 Å². The number of hydrogen-bond acceptors (Lipinski definition) is 5. The van der Waals surface area contributed by atoms with Crippen LogP contribution in [-0.4, -0.2) is 50.7 Å². The summed E-state index contributed by atoms with van der Waals surface area (Å²) in [7, 11) is 3.26. The molecule has 1 unspecified atom stereocenters. The lowest BCUT2D eigenvalue weighted by atomic mass is 10.0. The van der Waals surface area contributed by atoms with E-state index in [1.54, 1.807) is 4.90 Å². The molecule has 0 aromatic heterocycles. The first-order valence-corrected chi connectivity index (χ1v) is 12.7.